The predicted octanol–water partition coefficient (Wildman–Crippen LogP) is 3.88. The molecule has 4 rings (SSSR count). The van der Waals surface area contributed by atoms with Crippen LogP contribution in [0.5, 0.6) is 5.75 Å². The Kier molecular flexibility index (Phi) is 8.44. The zero-order valence-electron chi connectivity index (χ0n) is 19.1. The Morgan fingerprint density at radius 2 is 1.78 bits per heavy atom. The van der Waals surface area contributed by atoms with Crippen LogP contribution in [-0.2, 0) is 13.2 Å². The highest BCUT2D eigenvalue weighted by molar-refractivity contribution is 6.30. The number of hydrogen-bond acceptors (Lipinski definition) is 5. The van der Waals surface area contributed by atoms with E-state index in [0.29, 0.717) is 6.61 Å². The number of likely N-dealkylation sites (tertiary alicyclic amines) is 1. The van der Waals surface area contributed by atoms with Gasteiger partial charge in [-0.1, -0.05) is 41.9 Å². The molecule has 6 heteroatoms. The molecule has 174 valence electrons. The van der Waals surface area contributed by atoms with Gasteiger partial charge in [-0.15, -0.1) is 0 Å². The molecule has 2 aromatic rings. The van der Waals surface area contributed by atoms with Crippen molar-refractivity contribution in [2.24, 2.45) is 0 Å². The normalized spacial score (nSPS) is 24.1. The minimum atomic E-state index is -0.267. The molecule has 2 aromatic carbocycles. The first-order chi connectivity index (χ1) is 15.6. The summed E-state index contributed by atoms with van der Waals surface area (Å²) in [4.78, 5) is 7.35. The minimum absolute atomic E-state index is 0.250. The fourth-order valence-corrected chi connectivity index (χ4v) is 5.09. The van der Waals surface area contributed by atoms with Crippen LogP contribution in [0.1, 0.15) is 30.4 Å². The summed E-state index contributed by atoms with van der Waals surface area (Å²) in [5.74, 6) is 0.884. The van der Waals surface area contributed by atoms with Gasteiger partial charge < -0.3 is 14.7 Å². The molecule has 0 spiro atoms. The van der Waals surface area contributed by atoms with Gasteiger partial charge in [0.15, 0.2) is 0 Å². The van der Waals surface area contributed by atoms with Gasteiger partial charge in [0.25, 0.3) is 0 Å². The van der Waals surface area contributed by atoms with Crippen molar-refractivity contribution in [3.05, 3.63) is 64.7 Å². The standard InChI is InChI=1S/C26H36ClN3O2/c1-28-12-5-13-30(17-16-28)24-10-14-29(15-11-25(24)31)19-22-18-23(27)8-9-26(22)32-20-21-6-3-2-4-7-21/h2-4,6-9,18,24-25,31H,5,10-17,19-20H2,1H3/t24-,25-/m0/s1. The topological polar surface area (TPSA) is 39.2 Å². The van der Waals surface area contributed by atoms with Gasteiger partial charge in [0.1, 0.15) is 12.4 Å². The van der Waals surface area contributed by atoms with Crippen LogP contribution in [0.25, 0.3) is 0 Å². The van der Waals surface area contributed by atoms with Gasteiger partial charge in [0.05, 0.1) is 6.10 Å². The van der Waals surface area contributed by atoms with E-state index in [-0.39, 0.29) is 12.1 Å². The molecule has 2 fully saturated rings. The summed E-state index contributed by atoms with van der Waals surface area (Å²) in [6.45, 7) is 7.53. The van der Waals surface area contributed by atoms with E-state index in [1.807, 2.05) is 36.4 Å². The molecular weight excluding hydrogens is 422 g/mol. The van der Waals surface area contributed by atoms with E-state index in [1.54, 1.807) is 0 Å². The molecular formula is C26H36ClN3O2. The highest BCUT2D eigenvalue weighted by atomic mass is 35.5. The van der Waals surface area contributed by atoms with Crippen molar-refractivity contribution in [1.29, 1.82) is 0 Å². The van der Waals surface area contributed by atoms with Crippen LogP contribution in [0.4, 0.5) is 0 Å². The average molecular weight is 458 g/mol. The molecule has 2 heterocycles. The Morgan fingerprint density at radius 1 is 0.969 bits per heavy atom. The quantitative estimate of drug-likeness (QED) is 0.712. The van der Waals surface area contributed by atoms with Gasteiger partial charge in [0, 0.05) is 49.4 Å². The van der Waals surface area contributed by atoms with Gasteiger partial charge >= 0.3 is 0 Å². The van der Waals surface area contributed by atoms with Crippen LogP contribution in [0.2, 0.25) is 5.02 Å². The monoisotopic (exact) mass is 457 g/mol. The number of hydrogen-bond donors (Lipinski definition) is 1. The van der Waals surface area contributed by atoms with Crippen molar-refractivity contribution < 1.29 is 9.84 Å². The van der Waals surface area contributed by atoms with E-state index in [2.05, 4.69) is 33.9 Å². The summed E-state index contributed by atoms with van der Waals surface area (Å²) in [5, 5.41) is 11.7. The van der Waals surface area contributed by atoms with Gasteiger partial charge in [-0.3, -0.25) is 9.80 Å². The summed E-state index contributed by atoms with van der Waals surface area (Å²) >= 11 is 6.33. The predicted molar refractivity (Wildman–Crippen MR) is 130 cm³/mol. The van der Waals surface area contributed by atoms with Crippen LogP contribution >= 0.6 is 11.6 Å². The third kappa shape index (κ3) is 6.46. The maximum Gasteiger partial charge on any atom is 0.124 e. The molecule has 2 aliphatic rings. The van der Waals surface area contributed by atoms with Crippen LogP contribution in [0.15, 0.2) is 48.5 Å². The third-order valence-electron chi connectivity index (χ3n) is 6.80. The maximum absolute atomic E-state index is 10.9. The second-order valence-electron chi connectivity index (χ2n) is 9.21. The number of aliphatic hydroxyl groups excluding tert-OH is 1. The summed E-state index contributed by atoms with van der Waals surface area (Å²) in [6.07, 6.45) is 2.70. The Balaban J connectivity index is 1.39. The highest BCUT2D eigenvalue weighted by Crippen LogP contribution is 2.27. The van der Waals surface area contributed by atoms with Gasteiger partial charge in [-0.25, -0.2) is 0 Å². The number of ether oxygens (including phenoxy) is 1. The molecule has 5 nitrogen and oxygen atoms in total. The molecule has 0 aliphatic carbocycles. The zero-order chi connectivity index (χ0) is 22.3. The summed E-state index contributed by atoms with van der Waals surface area (Å²) in [7, 11) is 2.19. The van der Waals surface area contributed by atoms with Crippen molar-refractivity contribution in [3.8, 4) is 5.75 Å². The molecule has 32 heavy (non-hydrogen) atoms. The average Bonchev–Trinajstić information content (AvgIpc) is 3.12. The Bertz CT molecular complexity index is 850. The Morgan fingerprint density at radius 3 is 2.62 bits per heavy atom. The zero-order valence-corrected chi connectivity index (χ0v) is 19.9. The number of benzene rings is 2. The minimum Gasteiger partial charge on any atom is -0.489 e. The molecule has 0 bridgehead atoms. The first kappa shape index (κ1) is 23.5. The van der Waals surface area contributed by atoms with Gasteiger partial charge in [0.2, 0.25) is 0 Å². The lowest BCUT2D eigenvalue weighted by atomic mass is 10.0. The summed E-state index contributed by atoms with van der Waals surface area (Å²) in [5.41, 5.74) is 2.26. The maximum atomic E-state index is 10.9. The lowest BCUT2D eigenvalue weighted by Crippen LogP contribution is -2.45. The molecule has 2 saturated heterocycles. The largest absolute Gasteiger partial charge is 0.489 e. The molecule has 0 saturated carbocycles. The number of rotatable bonds is 6. The fourth-order valence-electron chi connectivity index (χ4n) is 4.90. The summed E-state index contributed by atoms with van der Waals surface area (Å²) in [6, 6.07) is 16.4. The number of halogens is 1. The third-order valence-corrected chi connectivity index (χ3v) is 7.04. The van der Waals surface area contributed by atoms with Crippen LogP contribution < -0.4 is 4.74 Å². The van der Waals surface area contributed by atoms with Crippen LogP contribution in [0.3, 0.4) is 0 Å². The lowest BCUT2D eigenvalue weighted by molar-refractivity contribution is 0.0491. The van der Waals surface area contributed by atoms with Crippen LogP contribution in [0, 0.1) is 0 Å². The first-order valence-corrected chi connectivity index (χ1v) is 12.2. The molecule has 0 radical (unpaired) electrons. The highest BCUT2D eigenvalue weighted by Gasteiger charge is 2.30. The molecule has 0 amide bonds. The Hall–Kier alpha value is -1.63. The second-order valence-corrected chi connectivity index (χ2v) is 9.64. The van der Waals surface area contributed by atoms with E-state index in [1.165, 1.54) is 6.42 Å². The van der Waals surface area contributed by atoms with Crippen molar-refractivity contribution >= 4 is 11.6 Å². The van der Waals surface area contributed by atoms with Gasteiger partial charge in [-0.2, -0.15) is 0 Å². The molecule has 2 atom stereocenters. The van der Waals surface area contributed by atoms with E-state index in [9.17, 15) is 5.11 Å². The number of nitrogens with zero attached hydrogens (tertiary/aromatic N) is 3. The van der Waals surface area contributed by atoms with E-state index >= 15 is 0 Å². The van der Waals surface area contributed by atoms with E-state index in [0.717, 1.165) is 80.6 Å². The summed E-state index contributed by atoms with van der Waals surface area (Å²) < 4.78 is 6.16. The molecule has 0 unspecified atom stereocenters. The van der Waals surface area contributed by atoms with E-state index in [4.69, 9.17) is 16.3 Å². The Labute approximate surface area is 197 Å². The van der Waals surface area contributed by atoms with Crippen molar-refractivity contribution in [1.82, 2.24) is 14.7 Å². The van der Waals surface area contributed by atoms with Crippen LogP contribution in [-0.4, -0.2) is 78.3 Å². The fraction of sp³-hybridized carbons (Fsp3) is 0.538. The van der Waals surface area contributed by atoms with E-state index < -0.39 is 0 Å². The lowest BCUT2D eigenvalue weighted by Gasteiger charge is -2.32. The van der Waals surface area contributed by atoms with Gasteiger partial charge in [-0.05, 0) is 63.2 Å². The van der Waals surface area contributed by atoms with Crippen molar-refractivity contribution in [2.75, 3.05) is 46.3 Å². The number of likely N-dealkylation sites (N-methyl/N-ethyl adjacent to an activating group) is 1. The van der Waals surface area contributed by atoms with Crippen molar-refractivity contribution in [3.63, 3.8) is 0 Å². The second kappa shape index (κ2) is 11.5. The molecule has 0 aromatic heterocycles. The molecule has 1 N–H and O–H groups in total. The smallest absolute Gasteiger partial charge is 0.124 e. The number of aliphatic hydroxyl groups is 1. The first-order valence-electron chi connectivity index (χ1n) is 11.9. The van der Waals surface area contributed by atoms with Crippen molar-refractivity contribution in [2.45, 2.75) is 44.6 Å². The molecule has 2 aliphatic heterocycles. The SMILES string of the molecule is CN1CCCN([C@H]2CCN(Cc3cc(Cl)ccc3OCc3ccccc3)CC[C@@H]2O)CC1.